The van der Waals surface area contributed by atoms with Gasteiger partial charge < -0.3 is 19.4 Å². The number of hydrogen-bond donors (Lipinski definition) is 1. The van der Waals surface area contributed by atoms with Crippen molar-refractivity contribution in [2.75, 3.05) is 6.54 Å². The molecule has 2 rings (SSSR count). The molecule has 0 unspecified atom stereocenters. The van der Waals surface area contributed by atoms with Crippen LogP contribution in [0.1, 0.15) is 54.0 Å². The van der Waals surface area contributed by atoms with E-state index in [0.29, 0.717) is 6.07 Å². The number of amides is 1. The molecule has 1 heterocycles. The van der Waals surface area contributed by atoms with Gasteiger partial charge in [0.1, 0.15) is 11.4 Å². The topological polar surface area (TPSA) is 56.8 Å². The summed E-state index contributed by atoms with van der Waals surface area (Å²) in [6.07, 6.45) is 0.368. The largest absolute Gasteiger partial charge is 0.492 e. The van der Waals surface area contributed by atoms with Gasteiger partial charge in [0.2, 0.25) is 0 Å². The van der Waals surface area contributed by atoms with Gasteiger partial charge in [-0.3, -0.25) is 0 Å². The zero-order valence-corrected chi connectivity index (χ0v) is 17.8. The Bertz CT molecular complexity index is 803. The first-order chi connectivity index (χ1) is 13.1. The van der Waals surface area contributed by atoms with Crippen LogP contribution in [0.5, 0.6) is 0 Å². The second-order valence-electron chi connectivity index (χ2n) is 8.92. The van der Waals surface area contributed by atoms with Gasteiger partial charge in [-0.25, -0.2) is 18.0 Å². The van der Waals surface area contributed by atoms with Gasteiger partial charge >= 0.3 is 13.2 Å². The molecule has 1 amide bonds. The number of rotatable bonds is 4. The number of ether oxygens (including phenoxy) is 1. The molecule has 29 heavy (non-hydrogen) atoms. The van der Waals surface area contributed by atoms with E-state index in [9.17, 15) is 18.0 Å². The summed E-state index contributed by atoms with van der Waals surface area (Å²) in [7, 11) is -1.00. The molecule has 0 radical (unpaired) electrons. The van der Waals surface area contributed by atoms with Gasteiger partial charge in [0.15, 0.2) is 11.6 Å². The van der Waals surface area contributed by atoms with Crippen molar-refractivity contribution < 1.29 is 32.0 Å². The lowest BCUT2D eigenvalue weighted by Crippen LogP contribution is -2.41. The minimum Gasteiger partial charge on any atom is -0.444 e. The third-order valence-corrected chi connectivity index (χ3v) is 4.80. The van der Waals surface area contributed by atoms with Crippen molar-refractivity contribution in [3.8, 4) is 0 Å². The van der Waals surface area contributed by atoms with E-state index < -0.39 is 53.0 Å². The minimum atomic E-state index is -1.34. The maximum Gasteiger partial charge on any atom is 0.492 e. The van der Waals surface area contributed by atoms with E-state index >= 15 is 0 Å². The van der Waals surface area contributed by atoms with Gasteiger partial charge in [-0.05, 0) is 66.1 Å². The van der Waals surface area contributed by atoms with Crippen molar-refractivity contribution in [2.45, 2.75) is 65.3 Å². The Balaban J connectivity index is 2.37. The molecule has 1 aromatic carbocycles. The number of halogens is 3. The quantitative estimate of drug-likeness (QED) is 0.577. The van der Waals surface area contributed by atoms with Crippen molar-refractivity contribution in [1.82, 2.24) is 5.32 Å². The third kappa shape index (κ3) is 5.54. The summed E-state index contributed by atoms with van der Waals surface area (Å²) in [5, 5.41) is 2.52. The van der Waals surface area contributed by atoms with E-state index in [1.165, 1.54) is 0 Å². The molecule has 0 atom stereocenters. The third-order valence-electron chi connectivity index (χ3n) is 4.80. The highest BCUT2D eigenvalue weighted by Crippen LogP contribution is 2.39. The summed E-state index contributed by atoms with van der Waals surface area (Å²) in [4.78, 5) is 12.0. The monoisotopic (exact) mass is 413 g/mol. The lowest BCUT2D eigenvalue weighted by Gasteiger charge is -2.32. The predicted molar refractivity (Wildman–Crippen MR) is 105 cm³/mol. The van der Waals surface area contributed by atoms with Gasteiger partial charge in [0.25, 0.3) is 0 Å². The van der Waals surface area contributed by atoms with Gasteiger partial charge in [-0.2, -0.15) is 0 Å². The average Bonchev–Trinajstić information content (AvgIpc) is 2.76. The highest BCUT2D eigenvalue weighted by molar-refractivity contribution is 6.56. The highest BCUT2D eigenvalue weighted by Gasteiger charge is 2.52. The Morgan fingerprint density at radius 2 is 1.62 bits per heavy atom. The molecule has 1 saturated heterocycles. The minimum absolute atomic E-state index is 0.179. The first-order valence-corrected chi connectivity index (χ1v) is 9.29. The summed E-state index contributed by atoms with van der Waals surface area (Å²) in [6.45, 7) is 12.2. The van der Waals surface area contributed by atoms with Crippen LogP contribution in [0.25, 0.3) is 6.08 Å². The molecule has 0 aliphatic carbocycles. The van der Waals surface area contributed by atoms with Crippen LogP contribution in [0.4, 0.5) is 18.0 Å². The molecular weight excluding hydrogens is 386 g/mol. The van der Waals surface area contributed by atoms with E-state index in [4.69, 9.17) is 14.0 Å². The Morgan fingerprint density at radius 3 is 2.14 bits per heavy atom. The summed E-state index contributed by atoms with van der Waals surface area (Å²) in [5.41, 5.74) is -2.54. The van der Waals surface area contributed by atoms with Crippen molar-refractivity contribution in [2.24, 2.45) is 0 Å². The zero-order chi connectivity index (χ0) is 22.2. The van der Waals surface area contributed by atoms with Gasteiger partial charge in [0.05, 0.1) is 11.2 Å². The number of nitrogens with one attached hydrogen (secondary N) is 1. The predicted octanol–water partition coefficient (Wildman–Crippen LogP) is 4.64. The first kappa shape index (κ1) is 23.3. The second kappa shape index (κ2) is 8.03. The Hall–Kier alpha value is -2.00. The summed E-state index contributed by atoms with van der Waals surface area (Å²) in [5.74, 6) is -3.47. The number of carbonyl (C=O) groups is 1. The van der Waals surface area contributed by atoms with E-state index in [-0.39, 0.29) is 12.0 Å². The van der Waals surface area contributed by atoms with Gasteiger partial charge in [-0.1, -0.05) is 6.08 Å². The van der Waals surface area contributed by atoms with Crippen LogP contribution in [0.15, 0.2) is 17.6 Å². The summed E-state index contributed by atoms with van der Waals surface area (Å²) < 4.78 is 59.0. The molecule has 160 valence electrons. The van der Waals surface area contributed by atoms with E-state index in [1.807, 2.05) is 27.7 Å². The van der Waals surface area contributed by atoms with Crippen molar-refractivity contribution in [3.63, 3.8) is 0 Å². The molecule has 5 nitrogen and oxygen atoms in total. The molecule has 0 aromatic heterocycles. The van der Waals surface area contributed by atoms with Crippen molar-refractivity contribution >= 4 is 19.3 Å². The second-order valence-corrected chi connectivity index (χ2v) is 8.92. The maximum atomic E-state index is 14.2. The molecule has 0 bridgehead atoms. The van der Waals surface area contributed by atoms with Crippen LogP contribution in [0.3, 0.4) is 0 Å². The number of carbonyl (C=O) groups excluding carboxylic acids is 1. The number of hydrogen-bond acceptors (Lipinski definition) is 4. The first-order valence-electron chi connectivity index (χ1n) is 9.29. The van der Waals surface area contributed by atoms with Gasteiger partial charge in [0, 0.05) is 12.1 Å². The normalized spacial score (nSPS) is 18.7. The average molecular weight is 413 g/mol. The lowest BCUT2D eigenvalue weighted by molar-refractivity contribution is 0.00578. The molecule has 1 fully saturated rings. The fourth-order valence-electron chi connectivity index (χ4n) is 2.55. The van der Waals surface area contributed by atoms with Crippen LogP contribution in [0.2, 0.25) is 0 Å². The molecule has 9 heteroatoms. The fraction of sp³-hybridized carbons (Fsp3) is 0.550. The molecule has 1 aromatic rings. The molecular formula is C20H27BF3NO4. The molecule has 1 aliphatic rings. The van der Waals surface area contributed by atoms with Crippen molar-refractivity contribution in [3.05, 3.63) is 40.6 Å². The highest BCUT2D eigenvalue weighted by atomic mass is 19.2. The SMILES string of the molecule is CC(C)(C)OC(=O)NCC(=Cc1c(F)ccc(F)c1F)B1OC(C)(C)C(C)(C)O1. The Morgan fingerprint density at radius 1 is 1.10 bits per heavy atom. The van der Waals surface area contributed by atoms with Gasteiger partial charge in [-0.15, -0.1) is 0 Å². The number of alkyl carbamates (subject to hydrolysis) is 1. The Labute approximate surface area is 169 Å². The smallest absolute Gasteiger partial charge is 0.444 e. The van der Waals surface area contributed by atoms with E-state index in [1.54, 1.807) is 20.8 Å². The van der Waals surface area contributed by atoms with Crippen LogP contribution in [-0.2, 0) is 14.0 Å². The fourth-order valence-corrected chi connectivity index (χ4v) is 2.55. The van der Waals surface area contributed by atoms with Crippen LogP contribution < -0.4 is 5.32 Å². The molecule has 0 spiro atoms. The van der Waals surface area contributed by atoms with Crippen LogP contribution in [0, 0.1) is 17.5 Å². The Kier molecular flexibility index (Phi) is 6.45. The molecule has 0 saturated carbocycles. The molecule has 1 N–H and O–H groups in total. The van der Waals surface area contributed by atoms with Crippen molar-refractivity contribution in [1.29, 1.82) is 0 Å². The number of benzene rings is 1. The zero-order valence-electron chi connectivity index (χ0n) is 17.8. The van der Waals surface area contributed by atoms with Crippen LogP contribution >= 0.6 is 0 Å². The summed E-state index contributed by atoms with van der Waals surface area (Å²) in [6, 6.07) is 1.53. The standard InChI is InChI=1S/C20H27BF3NO4/c1-18(2,3)27-17(26)25-11-12(21-28-19(4,5)20(6,7)29-21)10-13-14(22)8-9-15(23)16(13)24/h8-10H,11H2,1-7H3,(H,25,26). The maximum absolute atomic E-state index is 14.2. The van der Waals surface area contributed by atoms with E-state index in [2.05, 4.69) is 5.32 Å². The lowest BCUT2D eigenvalue weighted by atomic mass is 9.77. The molecule has 1 aliphatic heterocycles. The van der Waals surface area contributed by atoms with Crippen LogP contribution in [-0.4, -0.2) is 36.6 Å². The van der Waals surface area contributed by atoms with E-state index in [0.717, 1.165) is 12.1 Å². The summed E-state index contributed by atoms with van der Waals surface area (Å²) >= 11 is 0.